The van der Waals surface area contributed by atoms with Crippen LogP contribution in [-0.4, -0.2) is 28.4 Å². The summed E-state index contributed by atoms with van der Waals surface area (Å²) in [5.74, 6) is 0.575. The molecule has 0 aromatic carbocycles. The molecule has 0 aliphatic heterocycles. The highest BCUT2D eigenvalue weighted by Crippen LogP contribution is 2.28. The van der Waals surface area contributed by atoms with E-state index in [2.05, 4.69) is 26.8 Å². The summed E-state index contributed by atoms with van der Waals surface area (Å²) in [5, 5.41) is 0. The van der Waals surface area contributed by atoms with Crippen molar-refractivity contribution in [3.63, 3.8) is 0 Å². The zero-order chi connectivity index (χ0) is 18.6. The van der Waals surface area contributed by atoms with Gasteiger partial charge in [-0.15, -0.1) is 0 Å². The normalized spacial score (nSPS) is 20.8. The topological polar surface area (TPSA) is 81.6 Å². The molecule has 1 heterocycles. The monoisotopic (exact) mass is 415 g/mol. The number of amides is 1. The zero-order valence-corrected chi connectivity index (χ0v) is 16.7. The van der Waals surface area contributed by atoms with Crippen molar-refractivity contribution >= 4 is 22.0 Å². The number of carbonyl (C=O) groups excluding carboxylic acids is 1. The third kappa shape index (κ3) is 6.36. The summed E-state index contributed by atoms with van der Waals surface area (Å²) in [6.07, 6.45) is 4.70. The molecule has 8 heteroatoms. The Labute approximate surface area is 156 Å². The molecule has 0 bridgehead atoms. The highest BCUT2D eigenvalue weighted by atomic mass is 79.9. The van der Waals surface area contributed by atoms with Crippen LogP contribution in [0, 0.1) is 0 Å². The Balaban J connectivity index is 1.77. The summed E-state index contributed by atoms with van der Waals surface area (Å²) in [6, 6.07) is 1.68. The molecule has 1 saturated carbocycles. The molecule has 0 saturated heterocycles. The number of ether oxygens (including phenoxy) is 2. The molecule has 0 unspecified atom stereocenters. The predicted octanol–water partition coefficient (Wildman–Crippen LogP) is 2.87. The number of hydrogen-bond acceptors (Lipinski definition) is 5. The number of aromatic nitrogens is 1. The largest absolute Gasteiger partial charge is 0.489 e. The van der Waals surface area contributed by atoms with Crippen LogP contribution in [0.25, 0.3) is 0 Å². The lowest BCUT2D eigenvalue weighted by atomic mass is 9.93. The van der Waals surface area contributed by atoms with Crippen LogP contribution in [0.5, 0.6) is 5.75 Å². The van der Waals surface area contributed by atoms with Gasteiger partial charge in [0.25, 0.3) is 5.56 Å². The summed E-state index contributed by atoms with van der Waals surface area (Å²) in [6.45, 7) is 5.47. The number of halogens is 1. The number of nitrogens with zero attached hydrogens (tertiary/aromatic N) is 1. The van der Waals surface area contributed by atoms with Crippen molar-refractivity contribution in [1.82, 2.24) is 15.4 Å². The van der Waals surface area contributed by atoms with Gasteiger partial charge in [0.05, 0.1) is 10.6 Å². The minimum Gasteiger partial charge on any atom is -0.489 e. The first-order chi connectivity index (χ1) is 11.6. The van der Waals surface area contributed by atoms with Crippen LogP contribution in [-0.2, 0) is 11.8 Å². The van der Waals surface area contributed by atoms with E-state index in [1.165, 1.54) is 10.6 Å². The van der Waals surface area contributed by atoms with E-state index in [1.54, 1.807) is 13.2 Å². The van der Waals surface area contributed by atoms with Gasteiger partial charge in [0.1, 0.15) is 11.4 Å². The van der Waals surface area contributed by atoms with Crippen molar-refractivity contribution in [2.45, 2.75) is 64.2 Å². The Morgan fingerprint density at radius 3 is 2.52 bits per heavy atom. The standard InChI is InChI=1S/C17H26BrN3O4/c1-17(2,3)25-16(23)20-19-11-5-7-12(8-6-11)24-14-9-15(22)21(4)10-13(14)18/h9-12,19H,5-8H2,1-4H3,(H,20,23). The van der Waals surface area contributed by atoms with Gasteiger partial charge in [-0.25, -0.2) is 10.2 Å². The second-order valence-corrected chi connectivity index (χ2v) is 8.15. The number of hydrogen-bond donors (Lipinski definition) is 2. The van der Waals surface area contributed by atoms with Gasteiger partial charge in [0.2, 0.25) is 0 Å². The van der Waals surface area contributed by atoms with Crippen LogP contribution in [0.3, 0.4) is 0 Å². The van der Waals surface area contributed by atoms with Gasteiger partial charge in [-0.2, -0.15) is 0 Å². The molecule has 0 radical (unpaired) electrons. The number of aryl methyl sites for hydroxylation is 1. The van der Waals surface area contributed by atoms with E-state index in [0.717, 1.165) is 30.2 Å². The number of nitrogens with one attached hydrogen (secondary N) is 2. The number of pyridine rings is 1. The van der Waals surface area contributed by atoms with E-state index >= 15 is 0 Å². The molecule has 2 N–H and O–H groups in total. The highest BCUT2D eigenvalue weighted by Gasteiger charge is 2.24. The van der Waals surface area contributed by atoms with E-state index in [4.69, 9.17) is 9.47 Å². The summed E-state index contributed by atoms with van der Waals surface area (Å²) in [4.78, 5) is 23.4. The van der Waals surface area contributed by atoms with Crippen LogP contribution >= 0.6 is 15.9 Å². The summed E-state index contributed by atoms with van der Waals surface area (Å²) in [5.41, 5.74) is 4.99. The Kier molecular flexibility index (Phi) is 6.51. The van der Waals surface area contributed by atoms with Crippen molar-refractivity contribution < 1.29 is 14.3 Å². The van der Waals surface area contributed by atoms with Gasteiger partial charge in [0.15, 0.2) is 0 Å². The van der Waals surface area contributed by atoms with Gasteiger partial charge < -0.3 is 14.0 Å². The second kappa shape index (κ2) is 8.23. The maximum absolute atomic E-state index is 11.7. The average Bonchev–Trinajstić information content (AvgIpc) is 2.50. The van der Waals surface area contributed by atoms with Crippen LogP contribution in [0.2, 0.25) is 0 Å². The second-order valence-electron chi connectivity index (χ2n) is 7.30. The molecule has 140 valence electrons. The van der Waals surface area contributed by atoms with Crippen molar-refractivity contribution in [3.8, 4) is 5.75 Å². The maximum atomic E-state index is 11.7. The molecular formula is C17H26BrN3O4. The SMILES string of the molecule is Cn1cc(Br)c(OC2CCC(NNC(=O)OC(C)(C)C)CC2)cc1=O. The highest BCUT2D eigenvalue weighted by molar-refractivity contribution is 9.10. The summed E-state index contributed by atoms with van der Waals surface area (Å²) in [7, 11) is 1.70. The van der Waals surface area contributed by atoms with Crippen molar-refractivity contribution in [2.24, 2.45) is 7.05 Å². The van der Waals surface area contributed by atoms with E-state index in [9.17, 15) is 9.59 Å². The molecule has 1 aromatic rings. The fraction of sp³-hybridized carbons (Fsp3) is 0.647. The first kappa shape index (κ1) is 19.8. The number of hydrazine groups is 1. The van der Waals surface area contributed by atoms with E-state index in [0.29, 0.717) is 5.75 Å². The molecule has 25 heavy (non-hydrogen) atoms. The third-order valence-electron chi connectivity index (χ3n) is 3.89. The van der Waals surface area contributed by atoms with Crippen LogP contribution in [0.1, 0.15) is 46.5 Å². The smallest absolute Gasteiger partial charge is 0.422 e. The first-order valence-electron chi connectivity index (χ1n) is 8.41. The van der Waals surface area contributed by atoms with Gasteiger partial charge in [-0.3, -0.25) is 10.2 Å². The Hall–Kier alpha value is -1.54. The fourth-order valence-electron chi connectivity index (χ4n) is 2.64. The maximum Gasteiger partial charge on any atom is 0.422 e. The molecule has 1 aliphatic rings. The van der Waals surface area contributed by atoms with E-state index < -0.39 is 11.7 Å². The Morgan fingerprint density at radius 1 is 1.28 bits per heavy atom. The Bertz CT molecular complexity index is 661. The molecule has 7 nitrogen and oxygen atoms in total. The van der Waals surface area contributed by atoms with Crippen molar-refractivity contribution in [3.05, 3.63) is 27.1 Å². The van der Waals surface area contributed by atoms with Gasteiger partial charge >= 0.3 is 6.09 Å². The molecule has 0 atom stereocenters. The fourth-order valence-corrected chi connectivity index (χ4v) is 3.15. The molecular weight excluding hydrogens is 390 g/mol. The lowest BCUT2D eigenvalue weighted by Gasteiger charge is -2.30. The molecule has 1 aliphatic carbocycles. The van der Waals surface area contributed by atoms with Crippen LogP contribution < -0.4 is 21.1 Å². The predicted molar refractivity (Wildman–Crippen MR) is 98.6 cm³/mol. The summed E-state index contributed by atoms with van der Waals surface area (Å²) >= 11 is 3.43. The van der Waals surface area contributed by atoms with E-state index in [-0.39, 0.29) is 17.7 Å². The minimum absolute atomic E-state index is 0.0583. The first-order valence-corrected chi connectivity index (χ1v) is 9.21. The minimum atomic E-state index is -0.516. The lowest BCUT2D eigenvalue weighted by Crippen LogP contribution is -2.48. The van der Waals surface area contributed by atoms with Crippen molar-refractivity contribution in [2.75, 3.05) is 0 Å². The number of carbonyl (C=O) groups is 1. The molecule has 1 amide bonds. The third-order valence-corrected chi connectivity index (χ3v) is 4.49. The molecule has 1 fully saturated rings. The Morgan fingerprint density at radius 2 is 1.92 bits per heavy atom. The van der Waals surface area contributed by atoms with Gasteiger partial charge in [-0.1, -0.05) is 0 Å². The molecule has 0 spiro atoms. The lowest BCUT2D eigenvalue weighted by molar-refractivity contribution is 0.0473. The zero-order valence-electron chi connectivity index (χ0n) is 15.1. The van der Waals surface area contributed by atoms with Gasteiger partial charge in [0, 0.05) is 25.4 Å². The van der Waals surface area contributed by atoms with Crippen molar-refractivity contribution in [1.29, 1.82) is 0 Å². The van der Waals surface area contributed by atoms with Crippen LogP contribution in [0.15, 0.2) is 21.5 Å². The molecule has 2 rings (SSSR count). The molecule has 1 aromatic heterocycles. The summed E-state index contributed by atoms with van der Waals surface area (Å²) < 4.78 is 13.4. The van der Waals surface area contributed by atoms with Gasteiger partial charge in [-0.05, 0) is 62.4 Å². The van der Waals surface area contributed by atoms with Crippen LogP contribution in [0.4, 0.5) is 4.79 Å². The van der Waals surface area contributed by atoms with E-state index in [1.807, 2.05) is 20.8 Å². The number of rotatable bonds is 4. The quantitative estimate of drug-likeness (QED) is 0.738. The average molecular weight is 416 g/mol.